The fraction of sp³-hybridized carbons (Fsp3) is 0.417. The lowest BCUT2D eigenvalue weighted by molar-refractivity contribution is 0.0943. The predicted octanol–water partition coefficient (Wildman–Crippen LogP) is 1.20. The third kappa shape index (κ3) is 3.55. The van der Waals surface area contributed by atoms with E-state index in [9.17, 15) is 9.90 Å². The van der Waals surface area contributed by atoms with Gasteiger partial charge in [-0.15, -0.1) is 0 Å². The minimum Gasteiger partial charge on any atom is -0.507 e. The zero-order chi connectivity index (χ0) is 12.1. The van der Waals surface area contributed by atoms with Gasteiger partial charge in [-0.05, 0) is 38.0 Å². The second-order valence-electron chi connectivity index (χ2n) is 3.91. The second-order valence-corrected chi connectivity index (χ2v) is 3.91. The van der Waals surface area contributed by atoms with Crippen molar-refractivity contribution >= 4 is 5.91 Å². The molecule has 1 rings (SSSR count). The highest BCUT2D eigenvalue weighted by molar-refractivity contribution is 5.96. The van der Waals surface area contributed by atoms with Crippen molar-refractivity contribution in [1.82, 2.24) is 5.32 Å². The largest absolute Gasteiger partial charge is 0.507 e. The van der Waals surface area contributed by atoms with E-state index in [1.807, 2.05) is 6.92 Å². The molecule has 1 unspecified atom stereocenters. The summed E-state index contributed by atoms with van der Waals surface area (Å²) in [7, 11) is 0. The Hall–Kier alpha value is -1.55. The Kier molecular flexibility index (Phi) is 4.31. The summed E-state index contributed by atoms with van der Waals surface area (Å²) in [6.45, 7) is 3.90. The number of aryl methyl sites for hydroxylation is 1. The molecule has 0 saturated heterocycles. The van der Waals surface area contributed by atoms with E-state index < -0.39 is 6.10 Å². The van der Waals surface area contributed by atoms with Crippen molar-refractivity contribution in [1.29, 1.82) is 0 Å². The van der Waals surface area contributed by atoms with Crippen molar-refractivity contribution in [2.75, 3.05) is 6.54 Å². The summed E-state index contributed by atoms with van der Waals surface area (Å²) in [6, 6.07) is 4.90. The highest BCUT2D eigenvalue weighted by Crippen LogP contribution is 2.17. The average molecular weight is 223 g/mol. The SMILES string of the molecule is Cc1ccc(C(=O)NCCC(C)O)c(O)c1. The van der Waals surface area contributed by atoms with Gasteiger partial charge in [0.1, 0.15) is 5.75 Å². The molecule has 0 heterocycles. The fourth-order valence-corrected chi connectivity index (χ4v) is 1.32. The smallest absolute Gasteiger partial charge is 0.255 e. The molecule has 0 radical (unpaired) electrons. The number of phenols is 1. The quantitative estimate of drug-likeness (QED) is 0.718. The van der Waals surface area contributed by atoms with Crippen LogP contribution in [0.15, 0.2) is 18.2 Å². The number of carbonyl (C=O) groups is 1. The van der Waals surface area contributed by atoms with Gasteiger partial charge in [0.2, 0.25) is 0 Å². The molecule has 0 aliphatic carbocycles. The lowest BCUT2D eigenvalue weighted by Gasteiger charge is -2.08. The van der Waals surface area contributed by atoms with Crippen molar-refractivity contribution in [3.63, 3.8) is 0 Å². The van der Waals surface area contributed by atoms with E-state index in [1.165, 1.54) is 0 Å². The molecule has 3 N–H and O–H groups in total. The predicted molar refractivity (Wildman–Crippen MR) is 61.5 cm³/mol. The first kappa shape index (κ1) is 12.5. The van der Waals surface area contributed by atoms with Gasteiger partial charge in [-0.2, -0.15) is 0 Å². The van der Waals surface area contributed by atoms with Crippen molar-refractivity contribution in [3.8, 4) is 5.75 Å². The fourth-order valence-electron chi connectivity index (χ4n) is 1.32. The molecule has 0 aromatic heterocycles. The van der Waals surface area contributed by atoms with E-state index >= 15 is 0 Å². The van der Waals surface area contributed by atoms with Gasteiger partial charge in [-0.1, -0.05) is 6.07 Å². The van der Waals surface area contributed by atoms with Gasteiger partial charge in [0.15, 0.2) is 0 Å². The van der Waals surface area contributed by atoms with E-state index in [2.05, 4.69) is 5.32 Å². The summed E-state index contributed by atoms with van der Waals surface area (Å²) in [5.74, 6) is -0.340. The molecule has 0 saturated carbocycles. The van der Waals surface area contributed by atoms with Crippen LogP contribution in [-0.2, 0) is 0 Å². The summed E-state index contributed by atoms with van der Waals surface area (Å²) < 4.78 is 0. The second kappa shape index (κ2) is 5.51. The molecule has 4 heteroatoms. The van der Waals surface area contributed by atoms with Crippen LogP contribution in [0.5, 0.6) is 5.75 Å². The maximum absolute atomic E-state index is 11.6. The van der Waals surface area contributed by atoms with E-state index in [0.29, 0.717) is 13.0 Å². The molecule has 0 fully saturated rings. The van der Waals surface area contributed by atoms with Crippen LogP contribution in [0.1, 0.15) is 29.3 Å². The Bertz CT molecular complexity index is 375. The number of nitrogens with one attached hydrogen (secondary N) is 1. The number of phenolic OH excluding ortho intramolecular Hbond substituents is 1. The van der Waals surface area contributed by atoms with E-state index in [4.69, 9.17) is 5.11 Å². The van der Waals surface area contributed by atoms with Crippen molar-refractivity contribution in [2.45, 2.75) is 26.4 Å². The molecular formula is C12H17NO3. The van der Waals surface area contributed by atoms with Gasteiger partial charge < -0.3 is 15.5 Å². The van der Waals surface area contributed by atoms with Crippen molar-refractivity contribution < 1.29 is 15.0 Å². The maximum Gasteiger partial charge on any atom is 0.255 e. The first-order valence-electron chi connectivity index (χ1n) is 5.26. The third-order valence-corrected chi connectivity index (χ3v) is 2.25. The highest BCUT2D eigenvalue weighted by Gasteiger charge is 2.10. The third-order valence-electron chi connectivity index (χ3n) is 2.25. The topological polar surface area (TPSA) is 69.6 Å². The van der Waals surface area contributed by atoms with Crippen LogP contribution in [0.2, 0.25) is 0 Å². The molecule has 0 aliphatic heterocycles. The van der Waals surface area contributed by atoms with Crippen LogP contribution in [0.25, 0.3) is 0 Å². The van der Waals surface area contributed by atoms with Crippen LogP contribution >= 0.6 is 0 Å². The lowest BCUT2D eigenvalue weighted by atomic mass is 10.1. The number of aliphatic hydroxyl groups excluding tert-OH is 1. The van der Waals surface area contributed by atoms with Crippen LogP contribution in [0.4, 0.5) is 0 Å². The van der Waals surface area contributed by atoms with Gasteiger partial charge in [-0.3, -0.25) is 4.79 Å². The number of carbonyl (C=O) groups excluding carboxylic acids is 1. The standard InChI is InChI=1S/C12H17NO3/c1-8-3-4-10(11(15)7-8)12(16)13-6-5-9(2)14/h3-4,7,9,14-15H,5-6H2,1-2H3,(H,13,16). The van der Waals surface area contributed by atoms with Crippen LogP contribution < -0.4 is 5.32 Å². The van der Waals surface area contributed by atoms with Gasteiger partial charge in [0.05, 0.1) is 11.7 Å². The van der Waals surface area contributed by atoms with Gasteiger partial charge in [-0.25, -0.2) is 0 Å². The van der Waals surface area contributed by atoms with Gasteiger partial charge in [0, 0.05) is 6.54 Å². The maximum atomic E-state index is 11.6. The van der Waals surface area contributed by atoms with Crippen LogP contribution in [0, 0.1) is 6.92 Å². The highest BCUT2D eigenvalue weighted by atomic mass is 16.3. The summed E-state index contributed by atoms with van der Waals surface area (Å²) in [5.41, 5.74) is 1.16. The zero-order valence-corrected chi connectivity index (χ0v) is 9.53. The van der Waals surface area contributed by atoms with Crippen molar-refractivity contribution in [2.24, 2.45) is 0 Å². The Morgan fingerprint density at radius 1 is 1.50 bits per heavy atom. The number of amides is 1. The molecule has 88 valence electrons. The number of hydrogen-bond donors (Lipinski definition) is 3. The summed E-state index contributed by atoms with van der Waals surface area (Å²) in [4.78, 5) is 11.6. The number of hydrogen-bond acceptors (Lipinski definition) is 3. The Labute approximate surface area is 94.9 Å². The average Bonchev–Trinajstić information content (AvgIpc) is 2.16. The molecule has 1 aromatic rings. The van der Waals surface area contributed by atoms with Crippen LogP contribution in [0.3, 0.4) is 0 Å². The molecule has 1 aromatic carbocycles. The van der Waals surface area contributed by atoms with E-state index in [0.717, 1.165) is 5.56 Å². The molecular weight excluding hydrogens is 206 g/mol. The lowest BCUT2D eigenvalue weighted by Crippen LogP contribution is -2.26. The summed E-state index contributed by atoms with van der Waals surface area (Å²) in [6.07, 6.45) is 0.0603. The number of rotatable bonds is 4. The molecule has 0 aliphatic rings. The monoisotopic (exact) mass is 223 g/mol. The van der Waals surface area contributed by atoms with Crippen molar-refractivity contribution in [3.05, 3.63) is 29.3 Å². The zero-order valence-electron chi connectivity index (χ0n) is 9.53. The number of aromatic hydroxyl groups is 1. The normalized spacial score (nSPS) is 12.2. The number of benzene rings is 1. The molecule has 1 amide bonds. The van der Waals surface area contributed by atoms with Gasteiger partial charge in [0.25, 0.3) is 5.91 Å². The minimum atomic E-state index is -0.438. The summed E-state index contributed by atoms with van der Waals surface area (Å²) >= 11 is 0. The van der Waals surface area contributed by atoms with Gasteiger partial charge >= 0.3 is 0 Å². The first-order chi connectivity index (χ1) is 7.50. The summed E-state index contributed by atoms with van der Waals surface area (Å²) in [5, 5.41) is 21.2. The molecule has 0 spiro atoms. The molecule has 16 heavy (non-hydrogen) atoms. The van der Waals surface area contributed by atoms with E-state index in [-0.39, 0.29) is 17.2 Å². The molecule has 0 bridgehead atoms. The molecule has 1 atom stereocenters. The first-order valence-corrected chi connectivity index (χ1v) is 5.26. The Balaban J connectivity index is 2.59. The van der Waals surface area contributed by atoms with Crippen LogP contribution in [-0.4, -0.2) is 28.8 Å². The molecule has 4 nitrogen and oxygen atoms in total. The van der Waals surface area contributed by atoms with E-state index in [1.54, 1.807) is 25.1 Å². The Morgan fingerprint density at radius 3 is 2.75 bits per heavy atom. The number of aliphatic hydroxyl groups is 1. The minimum absolute atomic E-state index is 0.0189. The Morgan fingerprint density at radius 2 is 2.19 bits per heavy atom.